The topological polar surface area (TPSA) is 38.5 Å². The maximum absolute atomic E-state index is 6.10. The van der Waals surface area contributed by atoms with Gasteiger partial charge in [-0.3, -0.25) is 4.90 Å². The van der Waals surface area contributed by atoms with E-state index in [1.165, 1.54) is 28.0 Å². The van der Waals surface area contributed by atoms with E-state index in [0.717, 1.165) is 63.2 Å². The summed E-state index contributed by atoms with van der Waals surface area (Å²) < 4.78 is 5.73. The van der Waals surface area contributed by atoms with Gasteiger partial charge in [0.05, 0.1) is 7.11 Å². The van der Waals surface area contributed by atoms with Crippen LogP contribution in [0.15, 0.2) is 53.8 Å². The molecule has 1 fully saturated rings. The van der Waals surface area contributed by atoms with Crippen molar-refractivity contribution in [2.75, 3.05) is 38.2 Å². The third-order valence-corrected chi connectivity index (χ3v) is 6.79. The molecule has 1 unspecified atom stereocenters. The zero-order valence-corrected chi connectivity index (χ0v) is 20.8. The van der Waals surface area contributed by atoms with Gasteiger partial charge in [0.25, 0.3) is 0 Å². The van der Waals surface area contributed by atoms with Gasteiger partial charge >= 0.3 is 0 Å². The third-order valence-electron chi connectivity index (χ3n) is 5.80. The van der Waals surface area contributed by atoms with Gasteiger partial charge in [0.15, 0.2) is 0 Å². The highest BCUT2D eigenvalue weighted by molar-refractivity contribution is 7.99. The highest BCUT2D eigenvalue weighted by atomic mass is 32.2. The van der Waals surface area contributed by atoms with Crippen LogP contribution in [-0.2, 0) is 11.2 Å². The van der Waals surface area contributed by atoms with Gasteiger partial charge in [-0.1, -0.05) is 68.8 Å². The number of thioether (sulfide) groups is 1. The fraction of sp³-hybridized carbons (Fsp3) is 0.556. The molecule has 2 aliphatic rings. The second-order valence-corrected chi connectivity index (χ2v) is 9.12. The lowest BCUT2D eigenvalue weighted by molar-refractivity contribution is 0.277. The van der Waals surface area contributed by atoms with Gasteiger partial charge in [-0.2, -0.15) is 11.8 Å². The van der Waals surface area contributed by atoms with Crippen LogP contribution < -0.4 is 5.73 Å². The first-order valence-electron chi connectivity index (χ1n) is 12.0. The van der Waals surface area contributed by atoms with E-state index in [1.54, 1.807) is 0 Å². The first kappa shape index (κ1) is 25.8. The minimum absolute atomic E-state index is 0.350. The highest BCUT2D eigenvalue weighted by Gasteiger charge is 2.20. The molecule has 1 aliphatic carbocycles. The number of fused-ring (bicyclic) bond motifs is 1. The van der Waals surface area contributed by atoms with E-state index < -0.39 is 0 Å². The first-order chi connectivity index (χ1) is 15.2. The van der Waals surface area contributed by atoms with Crippen LogP contribution >= 0.6 is 11.8 Å². The molecule has 1 aromatic rings. The van der Waals surface area contributed by atoms with E-state index in [1.807, 2.05) is 32.7 Å². The van der Waals surface area contributed by atoms with Crippen LogP contribution in [0.25, 0.3) is 5.57 Å². The van der Waals surface area contributed by atoms with Crippen molar-refractivity contribution < 1.29 is 4.74 Å². The minimum Gasteiger partial charge on any atom is -0.501 e. The van der Waals surface area contributed by atoms with Crippen molar-refractivity contribution in [1.82, 2.24) is 4.90 Å². The molecular weight excluding hydrogens is 400 g/mol. The lowest BCUT2D eigenvalue weighted by atomic mass is 9.90. The van der Waals surface area contributed by atoms with E-state index in [0.29, 0.717) is 6.04 Å². The molecule has 1 saturated heterocycles. The van der Waals surface area contributed by atoms with Crippen LogP contribution in [0.3, 0.4) is 0 Å². The Balaban J connectivity index is 0.00000166. The lowest BCUT2D eigenvalue weighted by Gasteiger charge is -2.22. The fourth-order valence-corrected chi connectivity index (χ4v) is 5.26. The Hall–Kier alpha value is -1.49. The van der Waals surface area contributed by atoms with Gasteiger partial charge in [-0.15, -0.1) is 0 Å². The van der Waals surface area contributed by atoms with E-state index in [4.69, 9.17) is 10.5 Å². The molecule has 4 heteroatoms. The summed E-state index contributed by atoms with van der Waals surface area (Å²) in [5.41, 5.74) is 11.8. The smallest absolute Gasteiger partial charge is 0.100 e. The monoisotopic (exact) mass is 442 g/mol. The van der Waals surface area contributed by atoms with Crippen LogP contribution in [0.4, 0.5) is 0 Å². The number of aryl methyl sites for hydroxylation is 1. The predicted octanol–water partition coefficient (Wildman–Crippen LogP) is 6.07. The quantitative estimate of drug-likeness (QED) is 0.353. The predicted molar refractivity (Wildman–Crippen MR) is 139 cm³/mol. The van der Waals surface area contributed by atoms with Crippen LogP contribution in [0.2, 0.25) is 0 Å². The van der Waals surface area contributed by atoms with Gasteiger partial charge < -0.3 is 10.5 Å². The summed E-state index contributed by atoms with van der Waals surface area (Å²) in [6, 6.07) is 9.15. The molecule has 2 N–H and O–H groups in total. The molecule has 1 aliphatic heterocycles. The summed E-state index contributed by atoms with van der Waals surface area (Å²) in [7, 11) is 1.82. The van der Waals surface area contributed by atoms with Crippen LogP contribution in [-0.4, -0.2) is 49.2 Å². The standard InChI is InChI=1S/C25H36N2OS.C2H6/c1-3-4-5-8-20(17-27-15-13-22(26)18-27)14-16-29-19-24-23-10-7-6-9-21(23)11-12-25(24)28-2;1-2/h4-10,22H,3,11-19,26H2,1-2H3;1-2H3/b5-4-,20-8?;. The van der Waals surface area contributed by atoms with Crippen molar-refractivity contribution in [2.24, 2.45) is 5.73 Å². The molecule has 0 bridgehead atoms. The summed E-state index contributed by atoms with van der Waals surface area (Å²) >= 11 is 2.02. The summed E-state index contributed by atoms with van der Waals surface area (Å²) in [5, 5.41) is 0. The molecule has 172 valence electrons. The van der Waals surface area contributed by atoms with Crippen LogP contribution in [0, 0.1) is 0 Å². The SMILES string of the molecule is CC.CC/C=C\C=C(CCSCC1=C(OC)CCc2ccccc21)CN1CCC(N)C1. The van der Waals surface area contributed by atoms with Crippen LogP contribution in [0.1, 0.15) is 57.6 Å². The molecule has 1 atom stereocenters. The average Bonchev–Trinajstić information content (AvgIpc) is 3.22. The van der Waals surface area contributed by atoms with Crippen LogP contribution in [0.5, 0.6) is 0 Å². The highest BCUT2D eigenvalue weighted by Crippen LogP contribution is 2.34. The Labute approximate surface area is 194 Å². The van der Waals surface area contributed by atoms with E-state index >= 15 is 0 Å². The number of nitrogens with zero attached hydrogens (tertiary/aromatic N) is 1. The van der Waals surface area contributed by atoms with Gasteiger partial charge in [0.2, 0.25) is 0 Å². The summed E-state index contributed by atoms with van der Waals surface area (Å²) in [6.45, 7) is 9.40. The summed E-state index contributed by atoms with van der Waals surface area (Å²) in [4.78, 5) is 2.50. The Morgan fingerprint density at radius 2 is 2.06 bits per heavy atom. The fourth-order valence-electron chi connectivity index (χ4n) is 4.19. The molecule has 0 amide bonds. The number of ether oxygens (including phenoxy) is 1. The number of hydrogen-bond acceptors (Lipinski definition) is 4. The van der Waals surface area contributed by atoms with E-state index in [2.05, 4.69) is 54.3 Å². The zero-order valence-electron chi connectivity index (χ0n) is 20.0. The van der Waals surface area contributed by atoms with Crippen molar-refractivity contribution in [2.45, 2.75) is 58.9 Å². The minimum atomic E-state index is 0.350. The molecule has 0 saturated carbocycles. The lowest BCUT2D eigenvalue weighted by Crippen LogP contribution is -2.28. The Bertz CT molecular complexity index is 753. The van der Waals surface area contributed by atoms with Crippen molar-refractivity contribution in [1.29, 1.82) is 0 Å². The van der Waals surface area contributed by atoms with Crippen molar-refractivity contribution in [3.05, 3.63) is 65.0 Å². The normalized spacial score (nSPS) is 19.4. The number of nitrogens with two attached hydrogens (primary N) is 1. The van der Waals surface area contributed by atoms with Gasteiger partial charge in [0.1, 0.15) is 5.76 Å². The molecule has 31 heavy (non-hydrogen) atoms. The molecule has 0 spiro atoms. The van der Waals surface area contributed by atoms with Crippen molar-refractivity contribution in [3.63, 3.8) is 0 Å². The largest absolute Gasteiger partial charge is 0.501 e. The summed E-state index contributed by atoms with van der Waals surface area (Å²) in [6.07, 6.45) is 12.2. The van der Waals surface area contributed by atoms with E-state index in [-0.39, 0.29) is 0 Å². The first-order valence-corrected chi connectivity index (χ1v) is 13.1. The van der Waals surface area contributed by atoms with Gasteiger partial charge in [-0.05, 0) is 42.6 Å². The Morgan fingerprint density at radius 3 is 2.77 bits per heavy atom. The van der Waals surface area contributed by atoms with Gasteiger partial charge in [-0.25, -0.2) is 0 Å². The Kier molecular flexibility index (Phi) is 12.1. The van der Waals surface area contributed by atoms with Gasteiger partial charge in [0, 0.05) is 43.4 Å². The molecular formula is C27H42N2OS. The average molecular weight is 443 g/mol. The van der Waals surface area contributed by atoms with E-state index in [9.17, 15) is 0 Å². The van der Waals surface area contributed by atoms with Crippen molar-refractivity contribution >= 4 is 17.3 Å². The molecule has 0 aromatic heterocycles. The Morgan fingerprint density at radius 1 is 1.26 bits per heavy atom. The molecule has 3 rings (SSSR count). The molecule has 1 aromatic carbocycles. The zero-order chi connectivity index (χ0) is 22.5. The number of allylic oxidation sites excluding steroid dienone is 4. The third kappa shape index (κ3) is 8.17. The summed E-state index contributed by atoms with van der Waals surface area (Å²) in [5.74, 6) is 3.32. The van der Waals surface area contributed by atoms with Crippen molar-refractivity contribution in [3.8, 4) is 0 Å². The molecule has 0 radical (unpaired) electrons. The number of likely N-dealkylation sites (tertiary alicyclic amines) is 1. The number of rotatable bonds is 10. The number of hydrogen-bond donors (Lipinski definition) is 1. The second-order valence-electron chi connectivity index (χ2n) is 8.01. The second kappa shape index (κ2) is 14.5. The number of methoxy groups -OCH3 is 1. The molecule has 1 heterocycles. The maximum Gasteiger partial charge on any atom is 0.100 e. The molecule has 3 nitrogen and oxygen atoms in total. The maximum atomic E-state index is 6.10. The number of benzene rings is 1.